The Bertz CT molecular complexity index is 920. The van der Waals surface area contributed by atoms with E-state index in [-0.39, 0.29) is 16.9 Å². The van der Waals surface area contributed by atoms with Gasteiger partial charge in [-0.25, -0.2) is 8.42 Å². The molecule has 3 heterocycles. The van der Waals surface area contributed by atoms with E-state index in [4.69, 9.17) is 13.8 Å². The molecule has 10 heteroatoms. The summed E-state index contributed by atoms with van der Waals surface area (Å²) >= 11 is 0. The number of methoxy groups -OCH3 is 1. The fraction of sp³-hybridized carbons (Fsp3) is 0.722. The molecule has 28 heavy (non-hydrogen) atoms. The van der Waals surface area contributed by atoms with Gasteiger partial charge in [-0.2, -0.15) is 9.29 Å². The van der Waals surface area contributed by atoms with Gasteiger partial charge in [-0.15, -0.1) is 0 Å². The predicted octanol–water partition coefficient (Wildman–Crippen LogP) is 2.34. The number of piperidine rings is 1. The molecule has 0 spiro atoms. The van der Waals surface area contributed by atoms with Crippen molar-refractivity contribution in [1.29, 1.82) is 0 Å². The molecule has 2 aliphatic rings. The highest BCUT2D eigenvalue weighted by atomic mass is 32.2. The number of aromatic nitrogens is 3. The summed E-state index contributed by atoms with van der Waals surface area (Å²) in [6.07, 6.45) is 4.73. The van der Waals surface area contributed by atoms with Gasteiger partial charge < -0.3 is 13.8 Å². The highest BCUT2D eigenvalue weighted by Gasteiger charge is 2.46. The summed E-state index contributed by atoms with van der Waals surface area (Å²) in [5.74, 6) is 2.13. The summed E-state index contributed by atoms with van der Waals surface area (Å²) in [5.41, 5.74) is 0.149. The van der Waals surface area contributed by atoms with Gasteiger partial charge in [-0.3, -0.25) is 0 Å². The Morgan fingerprint density at radius 2 is 1.89 bits per heavy atom. The van der Waals surface area contributed by atoms with Gasteiger partial charge in [0.05, 0.1) is 0 Å². The largest absolute Gasteiger partial charge is 0.375 e. The fourth-order valence-corrected chi connectivity index (χ4v) is 5.91. The van der Waals surface area contributed by atoms with Crippen molar-refractivity contribution in [2.75, 3.05) is 20.2 Å². The van der Waals surface area contributed by atoms with E-state index in [1.54, 1.807) is 21.0 Å². The van der Waals surface area contributed by atoms with Gasteiger partial charge in [0.25, 0.3) is 5.89 Å². The second-order valence-electron chi connectivity index (χ2n) is 7.93. The van der Waals surface area contributed by atoms with Crippen molar-refractivity contribution in [2.45, 2.75) is 62.9 Å². The van der Waals surface area contributed by atoms with Crippen LogP contribution in [0.1, 0.15) is 55.3 Å². The molecule has 9 nitrogen and oxygen atoms in total. The molecule has 0 atom stereocenters. The van der Waals surface area contributed by atoms with Gasteiger partial charge in [0, 0.05) is 25.6 Å². The van der Waals surface area contributed by atoms with Gasteiger partial charge >= 0.3 is 0 Å². The van der Waals surface area contributed by atoms with Crippen LogP contribution in [0.5, 0.6) is 0 Å². The Kier molecular flexibility index (Phi) is 5.05. The molecular formula is C18H26N4O5S. The summed E-state index contributed by atoms with van der Waals surface area (Å²) in [7, 11) is -2.05. The van der Waals surface area contributed by atoms with Crippen LogP contribution >= 0.6 is 0 Å². The van der Waals surface area contributed by atoms with Crippen LogP contribution in [0.4, 0.5) is 0 Å². The van der Waals surface area contributed by atoms with Crippen LogP contribution in [-0.4, -0.2) is 48.2 Å². The Labute approximate surface area is 164 Å². The van der Waals surface area contributed by atoms with Crippen LogP contribution in [-0.2, 0) is 26.8 Å². The molecule has 1 aliphatic carbocycles. The number of sulfonamides is 1. The second kappa shape index (κ2) is 7.23. The maximum atomic E-state index is 13.1. The zero-order valence-electron chi connectivity index (χ0n) is 16.5. The van der Waals surface area contributed by atoms with Crippen LogP contribution in [0.15, 0.2) is 13.9 Å². The summed E-state index contributed by atoms with van der Waals surface area (Å²) < 4.78 is 43.3. The number of hydrogen-bond donors (Lipinski definition) is 0. The molecule has 2 aromatic rings. The van der Waals surface area contributed by atoms with Crippen LogP contribution in [0.2, 0.25) is 0 Å². The quantitative estimate of drug-likeness (QED) is 0.684. The fourth-order valence-electron chi connectivity index (χ4n) is 4.17. The van der Waals surface area contributed by atoms with Crippen molar-refractivity contribution in [3.05, 3.63) is 23.2 Å². The molecule has 0 unspecified atom stereocenters. The molecule has 4 rings (SSSR count). The Morgan fingerprint density at radius 1 is 1.18 bits per heavy atom. The van der Waals surface area contributed by atoms with Crippen molar-refractivity contribution in [3.8, 4) is 0 Å². The van der Waals surface area contributed by atoms with Crippen LogP contribution < -0.4 is 0 Å². The van der Waals surface area contributed by atoms with Crippen LogP contribution in [0, 0.1) is 19.8 Å². The number of rotatable bonds is 7. The lowest BCUT2D eigenvalue weighted by molar-refractivity contribution is 0.151. The summed E-state index contributed by atoms with van der Waals surface area (Å²) in [6, 6.07) is 0. The standard InChI is InChI=1S/C18H26N4O5S/c1-12-16(13(2)26-20-12)28(23,24)22-8-6-18(7-9-22,10-14-4-5-14)17-19-15(11-25-3)27-21-17/h14H,4-11H2,1-3H3. The minimum Gasteiger partial charge on any atom is -0.375 e. The van der Waals surface area contributed by atoms with Crippen molar-refractivity contribution >= 4 is 10.0 Å². The third-order valence-electron chi connectivity index (χ3n) is 5.83. The van der Waals surface area contributed by atoms with E-state index >= 15 is 0 Å². The second-order valence-corrected chi connectivity index (χ2v) is 9.80. The van der Waals surface area contributed by atoms with Crippen molar-refractivity contribution in [3.63, 3.8) is 0 Å². The molecule has 2 aromatic heterocycles. The minimum absolute atomic E-state index is 0.184. The number of nitrogens with zero attached hydrogens (tertiary/aromatic N) is 4. The van der Waals surface area contributed by atoms with E-state index < -0.39 is 10.0 Å². The highest BCUT2D eigenvalue weighted by Crippen LogP contribution is 2.47. The number of hydrogen-bond acceptors (Lipinski definition) is 8. The molecule has 2 fully saturated rings. The molecule has 0 N–H and O–H groups in total. The lowest BCUT2D eigenvalue weighted by atomic mass is 9.74. The lowest BCUT2D eigenvalue weighted by Gasteiger charge is -2.39. The molecule has 1 saturated carbocycles. The molecule has 0 aromatic carbocycles. The molecule has 0 bridgehead atoms. The first-order valence-corrected chi connectivity index (χ1v) is 11.0. The van der Waals surface area contributed by atoms with Gasteiger partial charge in [-0.05, 0) is 39.0 Å². The average Bonchev–Trinajstić information content (AvgIpc) is 3.21. The normalized spacial score (nSPS) is 20.5. The summed E-state index contributed by atoms with van der Waals surface area (Å²) in [6.45, 7) is 4.38. The predicted molar refractivity (Wildman–Crippen MR) is 98.0 cm³/mol. The van der Waals surface area contributed by atoms with E-state index in [1.165, 1.54) is 17.1 Å². The summed E-state index contributed by atoms with van der Waals surface area (Å²) in [4.78, 5) is 4.73. The Hall–Kier alpha value is -1.78. The number of aryl methyl sites for hydroxylation is 2. The SMILES string of the molecule is COCc1nc(C2(CC3CC3)CCN(S(=O)(=O)c3c(C)noc3C)CC2)no1. The van der Waals surface area contributed by atoms with Crippen molar-refractivity contribution in [1.82, 2.24) is 19.6 Å². The molecular weight excluding hydrogens is 384 g/mol. The van der Waals surface area contributed by atoms with Gasteiger partial charge in [0.15, 0.2) is 11.6 Å². The Balaban J connectivity index is 1.56. The first-order valence-electron chi connectivity index (χ1n) is 9.61. The van der Waals surface area contributed by atoms with Crippen molar-refractivity contribution in [2.24, 2.45) is 5.92 Å². The minimum atomic E-state index is -3.64. The van der Waals surface area contributed by atoms with Gasteiger partial charge in [0.1, 0.15) is 17.2 Å². The van der Waals surface area contributed by atoms with Crippen molar-refractivity contribution < 1.29 is 22.2 Å². The van der Waals surface area contributed by atoms with Gasteiger partial charge in [-0.1, -0.05) is 23.2 Å². The molecule has 0 radical (unpaired) electrons. The summed E-state index contributed by atoms with van der Waals surface area (Å²) in [5, 5.41) is 8.01. The highest BCUT2D eigenvalue weighted by molar-refractivity contribution is 7.89. The average molecular weight is 410 g/mol. The third kappa shape index (κ3) is 3.48. The van der Waals surface area contributed by atoms with Crippen LogP contribution in [0.3, 0.4) is 0 Å². The van der Waals surface area contributed by atoms with E-state index in [0.717, 1.165) is 6.42 Å². The topological polar surface area (TPSA) is 112 Å². The van der Waals surface area contributed by atoms with E-state index in [2.05, 4.69) is 15.3 Å². The lowest BCUT2D eigenvalue weighted by Crippen LogP contribution is -2.46. The monoisotopic (exact) mass is 410 g/mol. The van der Waals surface area contributed by atoms with Gasteiger partial charge in [0.2, 0.25) is 10.0 Å². The molecule has 154 valence electrons. The molecule has 1 saturated heterocycles. The molecule has 0 amide bonds. The smallest absolute Gasteiger partial charge is 0.252 e. The van der Waals surface area contributed by atoms with E-state index in [9.17, 15) is 8.42 Å². The Morgan fingerprint density at radius 3 is 2.46 bits per heavy atom. The maximum Gasteiger partial charge on any atom is 0.252 e. The molecule has 1 aliphatic heterocycles. The van der Waals surface area contributed by atoms with Crippen LogP contribution in [0.25, 0.3) is 0 Å². The number of ether oxygens (including phenoxy) is 1. The third-order valence-corrected chi connectivity index (χ3v) is 7.98. The zero-order valence-corrected chi connectivity index (χ0v) is 17.3. The van der Waals surface area contributed by atoms with E-state index in [0.29, 0.717) is 55.0 Å². The zero-order chi connectivity index (χ0) is 19.9. The first-order chi connectivity index (χ1) is 13.4. The van der Waals surface area contributed by atoms with E-state index in [1.807, 2.05) is 0 Å². The maximum absolute atomic E-state index is 13.1. The first kappa shape index (κ1) is 19.5.